The maximum Gasteiger partial charge on any atom is 0.105 e. The topological polar surface area (TPSA) is 51.2 Å². The predicted octanol–water partition coefficient (Wildman–Crippen LogP) is 2.32. The largest absolute Gasteiger partial charge is 0.469 e. The van der Waals surface area contributed by atoms with Gasteiger partial charge in [0.05, 0.1) is 6.26 Å². The number of furan rings is 1. The van der Waals surface area contributed by atoms with Crippen molar-refractivity contribution in [1.29, 1.82) is 0 Å². The van der Waals surface area contributed by atoms with E-state index in [-0.39, 0.29) is 0 Å². The van der Waals surface area contributed by atoms with Gasteiger partial charge in [-0.2, -0.15) is 0 Å². The summed E-state index contributed by atoms with van der Waals surface area (Å²) in [5, 5.41) is 3.51. The van der Waals surface area contributed by atoms with Crippen LogP contribution in [0.15, 0.2) is 22.8 Å². The van der Waals surface area contributed by atoms with Crippen LogP contribution in [0.3, 0.4) is 0 Å². The maximum atomic E-state index is 6.20. The minimum Gasteiger partial charge on any atom is -0.469 e. The average molecular weight is 236 g/mol. The van der Waals surface area contributed by atoms with Crippen molar-refractivity contribution in [2.45, 2.75) is 44.6 Å². The number of hydrogen-bond donors (Lipinski definition) is 2. The van der Waals surface area contributed by atoms with Crippen LogP contribution < -0.4 is 11.1 Å². The Labute approximate surface area is 104 Å². The zero-order chi connectivity index (χ0) is 11.9. The fourth-order valence-corrected chi connectivity index (χ4v) is 2.62. The van der Waals surface area contributed by atoms with E-state index in [0.29, 0.717) is 12.0 Å². The minimum absolute atomic E-state index is 0.397. The summed E-state index contributed by atoms with van der Waals surface area (Å²) in [6.45, 7) is 2.04. The Balaban J connectivity index is 1.63. The quantitative estimate of drug-likeness (QED) is 0.609. The highest BCUT2D eigenvalue weighted by molar-refractivity contribution is 4.98. The van der Waals surface area contributed by atoms with Crippen molar-refractivity contribution in [3.63, 3.8) is 0 Å². The van der Waals surface area contributed by atoms with Gasteiger partial charge in [0.1, 0.15) is 5.76 Å². The molecular weight excluding hydrogens is 212 g/mol. The van der Waals surface area contributed by atoms with Gasteiger partial charge in [-0.15, -0.1) is 0 Å². The van der Waals surface area contributed by atoms with Crippen molar-refractivity contribution in [3.05, 3.63) is 24.2 Å². The van der Waals surface area contributed by atoms with Crippen LogP contribution in [0.5, 0.6) is 0 Å². The van der Waals surface area contributed by atoms with Gasteiger partial charge < -0.3 is 15.5 Å². The zero-order valence-corrected chi connectivity index (χ0v) is 10.5. The lowest BCUT2D eigenvalue weighted by Gasteiger charge is -2.21. The molecule has 1 aliphatic carbocycles. The Morgan fingerprint density at radius 2 is 2.18 bits per heavy atom. The SMILES string of the molecule is NC1CCCCCC1CNCCc1ccco1. The van der Waals surface area contributed by atoms with Crippen LogP contribution in [0.4, 0.5) is 0 Å². The van der Waals surface area contributed by atoms with Gasteiger partial charge in [-0.3, -0.25) is 0 Å². The van der Waals surface area contributed by atoms with E-state index in [1.807, 2.05) is 12.1 Å². The van der Waals surface area contributed by atoms with Crippen molar-refractivity contribution in [2.75, 3.05) is 13.1 Å². The number of nitrogens with two attached hydrogens (primary N) is 1. The van der Waals surface area contributed by atoms with Crippen molar-refractivity contribution in [2.24, 2.45) is 11.7 Å². The van der Waals surface area contributed by atoms with Gasteiger partial charge in [-0.05, 0) is 37.4 Å². The van der Waals surface area contributed by atoms with Crippen LogP contribution >= 0.6 is 0 Å². The molecule has 1 aliphatic rings. The molecule has 0 aromatic carbocycles. The molecule has 3 nitrogen and oxygen atoms in total. The van der Waals surface area contributed by atoms with Crippen LogP contribution in [-0.4, -0.2) is 19.1 Å². The van der Waals surface area contributed by atoms with Crippen LogP contribution in [0, 0.1) is 5.92 Å². The van der Waals surface area contributed by atoms with Crippen molar-refractivity contribution >= 4 is 0 Å². The molecule has 3 N–H and O–H groups in total. The highest BCUT2D eigenvalue weighted by atomic mass is 16.3. The van der Waals surface area contributed by atoms with Crippen molar-refractivity contribution < 1.29 is 4.42 Å². The fourth-order valence-electron chi connectivity index (χ4n) is 2.62. The summed E-state index contributed by atoms with van der Waals surface area (Å²) in [6, 6.07) is 4.36. The molecule has 0 spiro atoms. The standard InChI is InChI=1S/C14H24N2O/c15-14-7-3-1-2-5-12(14)11-16-9-8-13-6-4-10-17-13/h4,6,10,12,14,16H,1-3,5,7-9,11,15H2. The molecule has 2 atom stereocenters. The van der Waals surface area contributed by atoms with Gasteiger partial charge in [0, 0.05) is 19.0 Å². The molecule has 0 amide bonds. The third-order valence-corrected chi connectivity index (χ3v) is 3.75. The van der Waals surface area contributed by atoms with E-state index >= 15 is 0 Å². The number of rotatable bonds is 5. The molecule has 0 bridgehead atoms. The zero-order valence-electron chi connectivity index (χ0n) is 10.5. The molecule has 0 saturated heterocycles. The Morgan fingerprint density at radius 1 is 1.29 bits per heavy atom. The van der Waals surface area contributed by atoms with E-state index < -0.39 is 0 Å². The predicted molar refractivity (Wildman–Crippen MR) is 69.8 cm³/mol. The normalized spacial score (nSPS) is 25.7. The molecular formula is C14H24N2O. The van der Waals surface area contributed by atoms with Gasteiger partial charge in [0.25, 0.3) is 0 Å². The van der Waals surface area contributed by atoms with E-state index in [2.05, 4.69) is 5.32 Å². The van der Waals surface area contributed by atoms with E-state index in [1.54, 1.807) is 6.26 Å². The number of nitrogens with one attached hydrogen (secondary N) is 1. The van der Waals surface area contributed by atoms with E-state index in [0.717, 1.165) is 25.3 Å². The van der Waals surface area contributed by atoms with Crippen molar-refractivity contribution in [1.82, 2.24) is 5.32 Å². The summed E-state index contributed by atoms with van der Waals surface area (Å²) in [5.41, 5.74) is 6.20. The van der Waals surface area contributed by atoms with Crippen LogP contribution in [0.2, 0.25) is 0 Å². The summed E-state index contributed by atoms with van der Waals surface area (Å²) in [5.74, 6) is 1.72. The lowest BCUT2D eigenvalue weighted by atomic mass is 9.95. The summed E-state index contributed by atoms with van der Waals surface area (Å²) >= 11 is 0. The van der Waals surface area contributed by atoms with Crippen LogP contribution in [0.25, 0.3) is 0 Å². The Bertz CT molecular complexity index is 297. The second kappa shape index (κ2) is 6.82. The van der Waals surface area contributed by atoms with Gasteiger partial charge in [-0.1, -0.05) is 19.3 Å². The molecule has 1 heterocycles. The maximum absolute atomic E-state index is 6.20. The van der Waals surface area contributed by atoms with E-state index in [1.165, 1.54) is 32.1 Å². The molecule has 2 rings (SSSR count). The van der Waals surface area contributed by atoms with E-state index in [9.17, 15) is 0 Å². The second-order valence-corrected chi connectivity index (χ2v) is 5.10. The van der Waals surface area contributed by atoms with E-state index in [4.69, 9.17) is 10.2 Å². The molecule has 1 fully saturated rings. The lowest BCUT2D eigenvalue weighted by molar-refractivity contribution is 0.373. The Hall–Kier alpha value is -0.800. The average Bonchev–Trinajstić information content (AvgIpc) is 2.76. The van der Waals surface area contributed by atoms with Gasteiger partial charge in [0.2, 0.25) is 0 Å². The molecule has 3 heteroatoms. The first kappa shape index (κ1) is 12.7. The summed E-state index contributed by atoms with van der Waals surface area (Å²) in [7, 11) is 0. The van der Waals surface area contributed by atoms with Crippen molar-refractivity contribution in [3.8, 4) is 0 Å². The third-order valence-electron chi connectivity index (χ3n) is 3.75. The monoisotopic (exact) mass is 236 g/mol. The Morgan fingerprint density at radius 3 is 3.00 bits per heavy atom. The molecule has 1 saturated carbocycles. The first-order valence-electron chi connectivity index (χ1n) is 6.85. The molecule has 1 aromatic rings. The summed E-state index contributed by atoms with van der Waals surface area (Å²) in [4.78, 5) is 0. The van der Waals surface area contributed by atoms with Crippen LogP contribution in [-0.2, 0) is 6.42 Å². The molecule has 2 unspecified atom stereocenters. The van der Waals surface area contributed by atoms with Gasteiger partial charge >= 0.3 is 0 Å². The summed E-state index contributed by atoms with van der Waals surface area (Å²) < 4.78 is 5.30. The van der Waals surface area contributed by atoms with Crippen LogP contribution in [0.1, 0.15) is 37.9 Å². The highest BCUT2D eigenvalue weighted by Crippen LogP contribution is 2.21. The highest BCUT2D eigenvalue weighted by Gasteiger charge is 2.19. The molecule has 0 radical (unpaired) electrons. The smallest absolute Gasteiger partial charge is 0.105 e. The Kier molecular flexibility index (Phi) is 5.08. The summed E-state index contributed by atoms with van der Waals surface area (Å²) in [6.07, 6.45) is 9.20. The number of hydrogen-bond acceptors (Lipinski definition) is 3. The first-order valence-corrected chi connectivity index (χ1v) is 6.85. The van der Waals surface area contributed by atoms with Gasteiger partial charge in [-0.25, -0.2) is 0 Å². The molecule has 96 valence electrons. The first-order chi connectivity index (χ1) is 8.36. The van der Waals surface area contributed by atoms with Gasteiger partial charge in [0.15, 0.2) is 0 Å². The fraction of sp³-hybridized carbons (Fsp3) is 0.714. The molecule has 17 heavy (non-hydrogen) atoms. The molecule has 0 aliphatic heterocycles. The minimum atomic E-state index is 0.397. The lowest BCUT2D eigenvalue weighted by Crippen LogP contribution is -2.37. The molecule has 1 aromatic heterocycles. The third kappa shape index (κ3) is 4.17. The second-order valence-electron chi connectivity index (χ2n) is 5.10.